The number of fused-ring (bicyclic) bond motifs is 1. The van der Waals surface area contributed by atoms with Crippen LogP contribution in [-0.4, -0.2) is 69.5 Å². The summed E-state index contributed by atoms with van der Waals surface area (Å²) in [6, 6.07) is 15.2. The van der Waals surface area contributed by atoms with Gasteiger partial charge in [0.1, 0.15) is 12.4 Å². The highest BCUT2D eigenvalue weighted by Gasteiger charge is 2.34. The first-order chi connectivity index (χ1) is 18.2. The van der Waals surface area contributed by atoms with Crippen molar-refractivity contribution in [2.24, 2.45) is 0 Å². The van der Waals surface area contributed by atoms with E-state index in [0.29, 0.717) is 50.8 Å². The number of aryl methyl sites for hydroxylation is 1. The molecule has 1 heterocycles. The summed E-state index contributed by atoms with van der Waals surface area (Å²) in [5.41, 5.74) is 2.28. The van der Waals surface area contributed by atoms with Gasteiger partial charge in [0.05, 0.1) is 57.3 Å². The van der Waals surface area contributed by atoms with Crippen LogP contribution >= 0.6 is 0 Å². The van der Waals surface area contributed by atoms with Crippen LogP contribution in [-0.2, 0) is 20.6 Å². The summed E-state index contributed by atoms with van der Waals surface area (Å²) in [5, 5.41) is 0. The fourth-order valence-corrected chi connectivity index (χ4v) is 4.22. The summed E-state index contributed by atoms with van der Waals surface area (Å²) in [6.07, 6.45) is 9.04. The quantitative estimate of drug-likeness (QED) is 0.177. The highest BCUT2D eigenvalue weighted by atomic mass is 16.6. The van der Waals surface area contributed by atoms with Gasteiger partial charge in [0, 0.05) is 0 Å². The monoisotopic (exact) mass is 511 g/mol. The number of carbonyl (C=O) groups excluding carboxylic acids is 2. The van der Waals surface area contributed by atoms with Gasteiger partial charge < -0.3 is 18.9 Å². The molecule has 0 spiro atoms. The molecule has 7 heteroatoms. The van der Waals surface area contributed by atoms with Crippen LogP contribution < -0.4 is 4.74 Å². The van der Waals surface area contributed by atoms with Crippen LogP contribution in [0.5, 0.6) is 5.75 Å². The molecule has 0 radical (unpaired) electrons. The number of hydrogen-bond acceptors (Lipinski definition) is 6. The van der Waals surface area contributed by atoms with Gasteiger partial charge in [0.25, 0.3) is 11.8 Å². The second-order valence-corrected chi connectivity index (χ2v) is 9.15. The standard InChI is InChI=1S/C30H41NO6/c1-2-3-4-5-6-7-10-25-13-15-26(16-14-25)37-24-23-36-22-21-35-20-19-34-18-17-31-29(32)27-11-8-9-12-28(27)30(31)33/h8-9,11-16H,2-7,10,17-24H2,1H3. The van der Waals surface area contributed by atoms with E-state index in [0.717, 1.165) is 12.2 Å². The van der Waals surface area contributed by atoms with E-state index in [1.54, 1.807) is 24.3 Å². The van der Waals surface area contributed by atoms with Gasteiger partial charge in [-0.3, -0.25) is 14.5 Å². The van der Waals surface area contributed by atoms with Crippen molar-refractivity contribution < 1.29 is 28.5 Å². The third-order valence-corrected chi connectivity index (χ3v) is 6.32. The van der Waals surface area contributed by atoms with E-state index in [-0.39, 0.29) is 25.0 Å². The molecular weight excluding hydrogens is 470 g/mol. The van der Waals surface area contributed by atoms with Crippen LogP contribution in [0.4, 0.5) is 0 Å². The van der Waals surface area contributed by atoms with Crippen molar-refractivity contribution in [3.63, 3.8) is 0 Å². The summed E-state index contributed by atoms with van der Waals surface area (Å²) < 4.78 is 22.3. The molecular formula is C30H41NO6. The second-order valence-electron chi connectivity index (χ2n) is 9.15. The van der Waals surface area contributed by atoms with Crippen molar-refractivity contribution >= 4 is 11.8 Å². The van der Waals surface area contributed by atoms with E-state index in [1.165, 1.54) is 49.0 Å². The Labute approximate surface area is 221 Å². The largest absolute Gasteiger partial charge is 0.491 e. The van der Waals surface area contributed by atoms with Crippen LogP contribution in [0.1, 0.15) is 71.7 Å². The van der Waals surface area contributed by atoms with E-state index < -0.39 is 0 Å². The predicted octanol–water partition coefficient (Wildman–Crippen LogP) is 5.31. The molecule has 0 aliphatic carbocycles. The van der Waals surface area contributed by atoms with Gasteiger partial charge in [-0.05, 0) is 42.7 Å². The first kappa shape index (κ1) is 28.8. The summed E-state index contributed by atoms with van der Waals surface area (Å²) in [4.78, 5) is 25.8. The average Bonchev–Trinajstić information content (AvgIpc) is 3.17. The number of unbranched alkanes of at least 4 members (excludes halogenated alkanes) is 5. The van der Waals surface area contributed by atoms with E-state index in [1.807, 2.05) is 12.1 Å². The number of ether oxygens (including phenoxy) is 4. The number of nitrogens with zero attached hydrogens (tertiary/aromatic N) is 1. The Bertz CT molecular complexity index is 910. The number of rotatable bonds is 20. The molecule has 0 N–H and O–H groups in total. The van der Waals surface area contributed by atoms with Gasteiger partial charge >= 0.3 is 0 Å². The molecule has 0 saturated heterocycles. The molecule has 202 valence electrons. The van der Waals surface area contributed by atoms with Gasteiger partial charge in [-0.25, -0.2) is 0 Å². The average molecular weight is 512 g/mol. The third-order valence-electron chi connectivity index (χ3n) is 6.32. The molecule has 0 fully saturated rings. The number of imide groups is 1. The Morgan fingerprint density at radius 1 is 0.622 bits per heavy atom. The minimum Gasteiger partial charge on any atom is -0.491 e. The van der Waals surface area contributed by atoms with Crippen molar-refractivity contribution in [2.45, 2.75) is 51.9 Å². The number of amides is 2. The topological polar surface area (TPSA) is 74.3 Å². The van der Waals surface area contributed by atoms with E-state index in [2.05, 4.69) is 19.1 Å². The SMILES string of the molecule is CCCCCCCCc1ccc(OCCOCCOCCOCCN2C(=O)c3ccccc3C2=O)cc1. The molecule has 2 amide bonds. The van der Waals surface area contributed by atoms with E-state index in [9.17, 15) is 9.59 Å². The van der Waals surface area contributed by atoms with Crippen molar-refractivity contribution in [1.29, 1.82) is 0 Å². The van der Waals surface area contributed by atoms with Gasteiger partial charge in [0.2, 0.25) is 0 Å². The van der Waals surface area contributed by atoms with Crippen molar-refractivity contribution in [3.05, 3.63) is 65.2 Å². The zero-order valence-electron chi connectivity index (χ0n) is 22.1. The summed E-state index contributed by atoms with van der Waals surface area (Å²) in [5.74, 6) is 0.342. The van der Waals surface area contributed by atoms with Crippen molar-refractivity contribution in [3.8, 4) is 5.75 Å². The first-order valence-corrected chi connectivity index (χ1v) is 13.6. The van der Waals surface area contributed by atoms with Gasteiger partial charge in [-0.2, -0.15) is 0 Å². The zero-order valence-corrected chi connectivity index (χ0v) is 22.1. The maximum absolute atomic E-state index is 12.3. The lowest BCUT2D eigenvalue weighted by atomic mass is 10.0. The Hall–Kier alpha value is -2.74. The predicted molar refractivity (Wildman–Crippen MR) is 143 cm³/mol. The molecule has 3 rings (SSSR count). The molecule has 0 unspecified atom stereocenters. The van der Waals surface area contributed by atoms with Crippen molar-refractivity contribution in [2.75, 3.05) is 52.8 Å². The molecule has 37 heavy (non-hydrogen) atoms. The Balaban J connectivity index is 1.11. The molecule has 0 atom stereocenters. The fourth-order valence-electron chi connectivity index (χ4n) is 4.22. The van der Waals surface area contributed by atoms with E-state index >= 15 is 0 Å². The lowest BCUT2D eigenvalue weighted by Gasteiger charge is -2.13. The summed E-state index contributed by atoms with van der Waals surface area (Å²) >= 11 is 0. The molecule has 0 saturated carbocycles. The van der Waals surface area contributed by atoms with Crippen molar-refractivity contribution in [1.82, 2.24) is 4.90 Å². The minimum absolute atomic E-state index is 0.233. The molecule has 0 bridgehead atoms. The summed E-state index contributed by atoms with van der Waals surface area (Å²) in [6.45, 7) is 5.52. The first-order valence-electron chi connectivity index (χ1n) is 13.6. The molecule has 2 aromatic rings. The van der Waals surface area contributed by atoms with Crippen LogP contribution in [0.2, 0.25) is 0 Å². The Morgan fingerprint density at radius 3 is 1.78 bits per heavy atom. The summed E-state index contributed by atoms with van der Waals surface area (Å²) in [7, 11) is 0. The molecule has 0 aromatic heterocycles. The normalized spacial score (nSPS) is 12.8. The lowest BCUT2D eigenvalue weighted by molar-refractivity contribution is 0.00673. The van der Waals surface area contributed by atoms with Crippen LogP contribution in [0.3, 0.4) is 0 Å². The fraction of sp³-hybridized carbons (Fsp3) is 0.533. The van der Waals surface area contributed by atoms with Gasteiger partial charge in [0.15, 0.2) is 0 Å². The Kier molecular flexibility index (Phi) is 13.2. The number of carbonyl (C=O) groups is 2. The second kappa shape index (κ2) is 16.9. The van der Waals surface area contributed by atoms with Gasteiger partial charge in [-0.1, -0.05) is 63.3 Å². The Morgan fingerprint density at radius 2 is 1.16 bits per heavy atom. The molecule has 1 aliphatic heterocycles. The third kappa shape index (κ3) is 9.91. The molecule has 1 aliphatic rings. The number of hydrogen-bond donors (Lipinski definition) is 0. The highest BCUT2D eigenvalue weighted by molar-refractivity contribution is 6.21. The van der Waals surface area contributed by atoms with E-state index in [4.69, 9.17) is 18.9 Å². The smallest absolute Gasteiger partial charge is 0.261 e. The highest BCUT2D eigenvalue weighted by Crippen LogP contribution is 2.22. The maximum Gasteiger partial charge on any atom is 0.261 e. The molecule has 2 aromatic carbocycles. The lowest BCUT2D eigenvalue weighted by Crippen LogP contribution is -2.33. The van der Waals surface area contributed by atoms with Crippen LogP contribution in [0.15, 0.2) is 48.5 Å². The minimum atomic E-state index is -0.262. The van der Waals surface area contributed by atoms with Crippen LogP contribution in [0, 0.1) is 0 Å². The molecule has 7 nitrogen and oxygen atoms in total. The number of benzene rings is 2. The van der Waals surface area contributed by atoms with Gasteiger partial charge in [-0.15, -0.1) is 0 Å². The maximum atomic E-state index is 12.3. The van der Waals surface area contributed by atoms with Crippen LogP contribution in [0.25, 0.3) is 0 Å². The zero-order chi connectivity index (χ0) is 26.1.